The topological polar surface area (TPSA) is 85.7 Å². The van der Waals surface area contributed by atoms with Crippen LogP contribution in [0.15, 0.2) is 42.6 Å². The third kappa shape index (κ3) is 5.58. The molecule has 138 valence electrons. The molecule has 1 aromatic carbocycles. The fraction of sp³-hybridized carbons (Fsp3) is 0.350. The summed E-state index contributed by atoms with van der Waals surface area (Å²) in [5.74, 6) is -2.47. The molecule has 2 rings (SSSR count). The number of ether oxygens (including phenoxy) is 2. The SMILES string of the molecule is CCc1ccc(CCOc2ccc(CC(C(=O)O)C(=O)OC)cc2)nc1. The van der Waals surface area contributed by atoms with Crippen LogP contribution in [0, 0.1) is 5.92 Å². The van der Waals surface area contributed by atoms with E-state index >= 15 is 0 Å². The zero-order valence-electron chi connectivity index (χ0n) is 15.0. The van der Waals surface area contributed by atoms with E-state index in [1.165, 1.54) is 12.7 Å². The first-order chi connectivity index (χ1) is 12.5. The number of nitrogens with zero attached hydrogens (tertiary/aromatic N) is 1. The van der Waals surface area contributed by atoms with Gasteiger partial charge in [-0.1, -0.05) is 25.1 Å². The van der Waals surface area contributed by atoms with Crippen molar-refractivity contribution in [2.45, 2.75) is 26.2 Å². The molecule has 0 amide bonds. The molecule has 0 aliphatic rings. The van der Waals surface area contributed by atoms with Gasteiger partial charge in [-0.2, -0.15) is 0 Å². The highest BCUT2D eigenvalue weighted by molar-refractivity contribution is 5.94. The standard InChI is InChI=1S/C20H23NO5/c1-3-14-4-7-16(21-13-14)10-11-26-17-8-5-15(6-9-17)12-18(19(22)23)20(24)25-2/h4-9,13,18H,3,10-12H2,1-2H3,(H,22,23). The fourth-order valence-corrected chi connectivity index (χ4v) is 2.46. The van der Waals surface area contributed by atoms with Crippen LogP contribution in [-0.4, -0.2) is 35.7 Å². The minimum atomic E-state index is -1.20. The Morgan fingerprint density at radius 2 is 1.81 bits per heavy atom. The van der Waals surface area contributed by atoms with Gasteiger partial charge in [0.2, 0.25) is 0 Å². The smallest absolute Gasteiger partial charge is 0.320 e. The molecule has 26 heavy (non-hydrogen) atoms. The lowest BCUT2D eigenvalue weighted by Crippen LogP contribution is -2.27. The number of benzene rings is 1. The van der Waals surface area contributed by atoms with E-state index in [0.717, 1.165) is 17.7 Å². The molecule has 1 heterocycles. The number of aryl methyl sites for hydroxylation is 1. The number of aliphatic carboxylic acids is 1. The highest BCUT2D eigenvalue weighted by atomic mass is 16.5. The van der Waals surface area contributed by atoms with Crippen LogP contribution in [0.25, 0.3) is 0 Å². The number of carbonyl (C=O) groups excluding carboxylic acids is 1. The van der Waals surface area contributed by atoms with E-state index in [0.29, 0.717) is 18.8 Å². The Kier molecular flexibility index (Phi) is 7.14. The van der Waals surface area contributed by atoms with E-state index in [4.69, 9.17) is 9.84 Å². The van der Waals surface area contributed by atoms with Gasteiger partial charge in [-0.15, -0.1) is 0 Å². The first-order valence-electron chi connectivity index (χ1n) is 8.49. The maximum Gasteiger partial charge on any atom is 0.320 e. The molecule has 1 atom stereocenters. The summed E-state index contributed by atoms with van der Waals surface area (Å²) >= 11 is 0. The number of carboxylic acid groups (broad SMARTS) is 1. The fourth-order valence-electron chi connectivity index (χ4n) is 2.46. The molecule has 1 N–H and O–H groups in total. The van der Waals surface area contributed by atoms with Crippen LogP contribution in [0.3, 0.4) is 0 Å². The van der Waals surface area contributed by atoms with Gasteiger partial charge in [0, 0.05) is 18.3 Å². The Morgan fingerprint density at radius 1 is 1.12 bits per heavy atom. The van der Waals surface area contributed by atoms with Crippen LogP contribution in [-0.2, 0) is 33.6 Å². The maximum absolute atomic E-state index is 11.5. The molecule has 0 spiro atoms. The van der Waals surface area contributed by atoms with Gasteiger partial charge in [-0.05, 0) is 42.2 Å². The predicted octanol–water partition coefficient (Wildman–Crippen LogP) is 2.68. The van der Waals surface area contributed by atoms with Crippen molar-refractivity contribution in [2.75, 3.05) is 13.7 Å². The third-order valence-electron chi connectivity index (χ3n) is 4.07. The summed E-state index contributed by atoms with van der Waals surface area (Å²) in [5.41, 5.74) is 2.91. The number of hydrogen-bond acceptors (Lipinski definition) is 5. The van der Waals surface area contributed by atoms with Gasteiger partial charge < -0.3 is 14.6 Å². The maximum atomic E-state index is 11.5. The van der Waals surface area contributed by atoms with E-state index in [9.17, 15) is 9.59 Å². The van der Waals surface area contributed by atoms with E-state index in [1.807, 2.05) is 12.3 Å². The lowest BCUT2D eigenvalue weighted by atomic mass is 9.99. The molecule has 6 heteroatoms. The van der Waals surface area contributed by atoms with Gasteiger partial charge in [-0.3, -0.25) is 14.6 Å². The second-order valence-electron chi connectivity index (χ2n) is 5.87. The molecule has 0 saturated heterocycles. The normalized spacial score (nSPS) is 11.6. The van der Waals surface area contributed by atoms with E-state index in [1.54, 1.807) is 24.3 Å². The van der Waals surface area contributed by atoms with Crippen molar-refractivity contribution < 1.29 is 24.2 Å². The van der Waals surface area contributed by atoms with Crippen molar-refractivity contribution in [3.8, 4) is 5.75 Å². The van der Waals surface area contributed by atoms with Crippen LogP contribution < -0.4 is 4.74 Å². The first kappa shape index (κ1) is 19.4. The Morgan fingerprint density at radius 3 is 2.35 bits per heavy atom. The zero-order valence-corrected chi connectivity index (χ0v) is 15.0. The number of pyridine rings is 1. The summed E-state index contributed by atoms with van der Waals surface area (Å²) in [7, 11) is 1.18. The minimum absolute atomic E-state index is 0.0793. The summed E-state index contributed by atoms with van der Waals surface area (Å²) in [4.78, 5) is 27.1. The Bertz CT molecular complexity index is 725. The summed E-state index contributed by atoms with van der Waals surface area (Å²) in [5, 5.41) is 9.12. The van der Waals surface area contributed by atoms with Gasteiger partial charge in [0.05, 0.1) is 13.7 Å². The summed E-state index contributed by atoms with van der Waals surface area (Å²) in [6.07, 6.45) is 3.63. The minimum Gasteiger partial charge on any atom is -0.493 e. The molecular weight excluding hydrogens is 334 g/mol. The van der Waals surface area contributed by atoms with Crippen molar-refractivity contribution in [2.24, 2.45) is 5.92 Å². The largest absolute Gasteiger partial charge is 0.493 e. The lowest BCUT2D eigenvalue weighted by Gasteiger charge is -2.11. The molecule has 6 nitrogen and oxygen atoms in total. The Labute approximate surface area is 152 Å². The highest BCUT2D eigenvalue weighted by Crippen LogP contribution is 2.16. The van der Waals surface area contributed by atoms with Crippen molar-refractivity contribution in [1.29, 1.82) is 0 Å². The van der Waals surface area contributed by atoms with Crippen LogP contribution in [0.5, 0.6) is 5.75 Å². The lowest BCUT2D eigenvalue weighted by molar-refractivity contribution is -0.156. The second-order valence-corrected chi connectivity index (χ2v) is 5.87. The molecule has 0 bridgehead atoms. The van der Waals surface area contributed by atoms with Crippen LogP contribution in [0.1, 0.15) is 23.7 Å². The number of rotatable bonds is 9. The third-order valence-corrected chi connectivity index (χ3v) is 4.07. The molecule has 2 aromatic rings. The number of aromatic nitrogens is 1. The number of carboxylic acids is 1. The summed E-state index contributed by atoms with van der Waals surface area (Å²) in [6, 6.07) is 11.1. The number of methoxy groups -OCH3 is 1. The zero-order chi connectivity index (χ0) is 18.9. The van der Waals surface area contributed by atoms with Crippen molar-refractivity contribution in [1.82, 2.24) is 4.98 Å². The molecular formula is C20H23NO5. The first-order valence-corrected chi connectivity index (χ1v) is 8.49. The van der Waals surface area contributed by atoms with Gasteiger partial charge in [0.25, 0.3) is 0 Å². The van der Waals surface area contributed by atoms with Gasteiger partial charge in [-0.25, -0.2) is 0 Å². The Hall–Kier alpha value is -2.89. The predicted molar refractivity (Wildman–Crippen MR) is 96.1 cm³/mol. The average molecular weight is 357 g/mol. The number of carbonyl (C=O) groups is 2. The van der Waals surface area contributed by atoms with E-state index < -0.39 is 17.9 Å². The molecule has 0 fully saturated rings. The quantitative estimate of drug-likeness (QED) is 0.548. The monoisotopic (exact) mass is 357 g/mol. The molecule has 0 aliphatic carbocycles. The molecule has 1 unspecified atom stereocenters. The number of hydrogen-bond donors (Lipinski definition) is 1. The summed E-state index contributed by atoms with van der Waals surface area (Å²) in [6.45, 7) is 2.59. The van der Waals surface area contributed by atoms with E-state index in [2.05, 4.69) is 22.7 Å². The highest BCUT2D eigenvalue weighted by Gasteiger charge is 2.27. The molecule has 0 aliphatic heterocycles. The van der Waals surface area contributed by atoms with Gasteiger partial charge in [0.15, 0.2) is 5.92 Å². The molecule has 1 aromatic heterocycles. The van der Waals surface area contributed by atoms with Gasteiger partial charge >= 0.3 is 11.9 Å². The average Bonchev–Trinajstić information content (AvgIpc) is 2.67. The summed E-state index contributed by atoms with van der Waals surface area (Å²) < 4.78 is 10.2. The van der Waals surface area contributed by atoms with Crippen LogP contribution in [0.2, 0.25) is 0 Å². The Balaban J connectivity index is 1.86. The molecule has 0 saturated carbocycles. The number of esters is 1. The molecule has 0 radical (unpaired) electrons. The van der Waals surface area contributed by atoms with Crippen LogP contribution >= 0.6 is 0 Å². The van der Waals surface area contributed by atoms with E-state index in [-0.39, 0.29) is 6.42 Å². The van der Waals surface area contributed by atoms with Gasteiger partial charge in [0.1, 0.15) is 5.75 Å². The van der Waals surface area contributed by atoms with Crippen LogP contribution in [0.4, 0.5) is 0 Å². The van der Waals surface area contributed by atoms with Crippen molar-refractivity contribution in [3.05, 3.63) is 59.4 Å². The second kappa shape index (κ2) is 9.56. The van der Waals surface area contributed by atoms with Crippen molar-refractivity contribution >= 4 is 11.9 Å². The van der Waals surface area contributed by atoms with Crippen molar-refractivity contribution in [3.63, 3.8) is 0 Å².